The number of pyridine rings is 2. The maximum absolute atomic E-state index is 12.9. The van der Waals surface area contributed by atoms with Crippen LogP contribution in [0.3, 0.4) is 0 Å². The van der Waals surface area contributed by atoms with Gasteiger partial charge in [-0.1, -0.05) is 42.5 Å². The predicted octanol–water partition coefficient (Wildman–Crippen LogP) is 4.35. The molecule has 11 heteroatoms. The van der Waals surface area contributed by atoms with Crippen molar-refractivity contribution in [1.29, 1.82) is 5.26 Å². The largest absolute Gasteiger partial charge is 0.383 e. The molecule has 1 aliphatic rings. The average Bonchev–Trinajstić information content (AvgIpc) is 3.48. The minimum atomic E-state index is -0.181. The molecule has 2 N–H and O–H groups in total. The first-order chi connectivity index (χ1) is 22.1. The van der Waals surface area contributed by atoms with Gasteiger partial charge in [0.2, 0.25) is 0 Å². The van der Waals surface area contributed by atoms with Gasteiger partial charge in [0.15, 0.2) is 11.5 Å². The maximum Gasteiger partial charge on any atom is 0.272 e. The number of fused-ring (bicyclic) bond motifs is 1. The molecule has 1 fully saturated rings. The molecule has 0 atom stereocenters. The molecule has 0 radical (unpaired) electrons. The van der Waals surface area contributed by atoms with Gasteiger partial charge >= 0.3 is 0 Å². The summed E-state index contributed by atoms with van der Waals surface area (Å²) in [6.07, 6.45) is 2.92. The number of hydrogen-bond acceptors (Lipinski definition) is 9. The normalized spacial score (nSPS) is 13.5. The van der Waals surface area contributed by atoms with E-state index in [1.165, 1.54) is 12.4 Å². The highest BCUT2D eigenvalue weighted by atomic mass is 16.2. The zero-order valence-electron chi connectivity index (χ0n) is 24.3. The van der Waals surface area contributed by atoms with E-state index < -0.39 is 0 Å². The Morgan fingerprint density at radius 3 is 2.42 bits per heavy atom. The summed E-state index contributed by atoms with van der Waals surface area (Å²) in [7, 11) is 0. The van der Waals surface area contributed by atoms with Crippen LogP contribution in [-0.4, -0.2) is 71.4 Å². The Morgan fingerprint density at radius 2 is 1.67 bits per heavy atom. The van der Waals surface area contributed by atoms with Crippen molar-refractivity contribution in [3.63, 3.8) is 0 Å². The van der Waals surface area contributed by atoms with Gasteiger partial charge < -0.3 is 10.6 Å². The van der Waals surface area contributed by atoms with Crippen LogP contribution in [0, 0.1) is 11.3 Å². The van der Waals surface area contributed by atoms with Gasteiger partial charge in [0.05, 0.1) is 11.3 Å². The molecule has 1 saturated heterocycles. The lowest BCUT2D eigenvalue weighted by Gasteiger charge is -2.34. The highest BCUT2D eigenvalue weighted by molar-refractivity contribution is 5.92. The lowest BCUT2D eigenvalue weighted by molar-refractivity contribution is 0.0622. The van der Waals surface area contributed by atoms with Crippen molar-refractivity contribution in [2.24, 2.45) is 0 Å². The molecule has 7 rings (SSSR count). The van der Waals surface area contributed by atoms with Crippen molar-refractivity contribution >= 4 is 22.9 Å². The molecule has 1 amide bonds. The fraction of sp³-hybridized carbons (Fsp3) is 0.147. The molecule has 0 spiro atoms. The van der Waals surface area contributed by atoms with Crippen LogP contribution in [0.1, 0.15) is 21.7 Å². The van der Waals surface area contributed by atoms with Gasteiger partial charge in [0.1, 0.15) is 35.1 Å². The van der Waals surface area contributed by atoms with Gasteiger partial charge in [0.25, 0.3) is 5.91 Å². The quantitative estimate of drug-likeness (QED) is 0.299. The monoisotopic (exact) mass is 592 g/mol. The SMILES string of the molecule is N#Cc1cc(C(=O)N2CCN(Cc3ccc(-n4c(-c5cccnc5N)nc5ccc(-c6ccccc6)nc54)cc3)CC2)ncn1. The molecule has 1 aliphatic heterocycles. The first-order valence-corrected chi connectivity index (χ1v) is 14.6. The van der Waals surface area contributed by atoms with Gasteiger partial charge in [-0.05, 0) is 42.0 Å². The zero-order chi connectivity index (χ0) is 30.8. The zero-order valence-corrected chi connectivity index (χ0v) is 24.3. The number of nitrogens with two attached hydrogens (primary N) is 1. The van der Waals surface area contributed by atoms with E-state index in [0.29, 0.717) is 24.7 Å². The summed E-state index contributed by atoms with van der Waals surface area (Å²) in [6, 6.07) is 29.6. The number of nitriles is 1. The Balaban J connectivity index is 1.13. The molecule has 0 unspecified atom stereocenters. The number of hydrogen-bond donors (Lipinski definition) is 1. The van der Waals surface area contributed by atoms with Crippen molar-refractivity contribution in [3.05, 3.63) is 114 Å². The fourth-order valence-electron chi connectivity index (χ4n) is 5.57. The molecule has 0 saturated carbocycles. The molecule has 5 heterocycles. The number of nitrogens with zero attached hydrogens (tertiary/aromatic N) is 9. The molecule has 4 aromatic heterocycles. The van der Waals surface area contributed by atoms with Crippen LogP contribution in [-0.2, 0) is 6.54 Å². The first-order valence-electron chi connectivity index (χ1n) is 14.6. The lowest BCUT2D eigenvalue weighted by Crippen LogP contribution is -2.48. The van der Waals surface area contributed by atoms with E-state index in [-0.39, 0.29) is 17.3 Å². The second-order valence-corrected chi connectivity index (χ2v) is 10.7. The van der Waals surface area contributed by atoms with Gasteiger partial charge in [-0.3, -0.25) is 14.3 Å². The summed E-state index contributed by atoms with van der Waals surface area (Å²) >= 11 is 0. The van der Waals surface area contributed by atoms with Gasteiger partial charge in [-0.15, -0.1) is 0 Å². The number of anilines is 1. The summed E-state index contributed by atoms with van der Waals surface area (Å²) in [6.45, 7) is 3.36. The van der Waals surface area contributed by atoms with E-state index in [2.05, 4.69) is 44.1 Å². The Kier molecular flexibility index (Phi) is 7.39. The minimum Gasteiger partial charge on any atom is -0.383 e. The first kappa shape index (κ1) is 27.8. The van der Waals surface area contributed by atoms with Crippen LogP contribution >= 0.6 is 0 Å². The molecule has 45 heavy (non-hydrogen) atoms. The standard InChI is InChI=1S/C34H28N10O/c35-20-25-19-30(39-22-38-25)34(45)43-17-15-42(16-18-43)21-23-8-10-26(11-9-23)44-32(27-7-4-14-37-31(27)36)41-29-13-12-28(40-33(29)44)24-5-2-1-3-6-24/h1-14,19,22H,15-18,21H2,(H2,36,37). The second kappa shape index (κ2) is 11.9. The molecule has 6 aromatic rings. The van der Waals surface area contributed by atoms with Crippen LogP contribution in [0.2, 0.25) is 0 Å². The number of amides is 1. The topological polar surface area (TPSA) is 143 Å². The highest BCUT2D eigenvalue weighted by Gasteiger charge is 2.24. The highest BCUT2D eigenvalue weighted by Crippen LogP contribution is 2.32. The molecule has 2 aromatic carbocycles. The van der Waals surface area contributed by atoms with Crippen LogP contribution in [0.5, 0.6) is 0 Å². The van der Waals surface area contributed by atoms with E-state index in [1.807, 2.05) is 65.2 Å². The third-order valence-electron chi connectivity index (χ3n) is 7.91. The van der Waals surface area contributed by atoms with Crippen molar-refractivity contribution in [2.45, 2.75) is 6.54 Å². The number of nitrogen functional groups attached to an aromatic ring is 1. The van der Waals surface area contributed by atoms with Gasteiger partial charge in [-0.2, -0.15) is 5.26 Å². The van der Waals surface area contributed by atoms with Crippen molar-refractivity contribution in [2.75, 3.05) is 31.9 Å². The van der Waals surface area contributed by atoms with E-state index in [0.717, 1.165) is 58.9 Å². The third kappa shape index (κ3) is 5.58. The van der Waals surface area contributed by atoms with Crippen molar-refractivity contribution in [1.82, 2.24) is 39.3 Å². The van der Waals surface area contributed by atoms with Crippen LogP contribution in [0.25, 0.3) is 39.5 Å². The summed E-state index contributed by atoms with van der Waals surface area (Å²) < 4.78 is 2.04. The number of aromatic nitrogens is 6. The Bertz CT molecular complexity index is 2040. The summed E-state index contributed by atoms with van der Waals surface area (Å²) in [5, 5.41) is 9.09. The van der Waals surface area contributed by atoms with Crippen LogP contribution in [0.15, 0.2) is 97.5 Å². The number of piperazine rings is 1. The van der Waals surface area contributed by atoms with Crippen LogP contribution in [0.4, 0.5) is 5.82 Å². The van der Waals surface area contributed by atoms with Crippen LogP contribution < -0.4 is 5.73 Å². The minimum absolute atomic E-state index is 0.181. The fourth-order valence-corrected chi connectivity index (χ4v) is 5.57. The third-order valence-corrected chi connectivity index (χ3v) is 7.91. The second-order valence-electron chi connectivity index (χ2n) is 10.7. The molecule has 0 aliphatic carbocycles. The van der Waals surface area contributed by atoms with E-state index in [4.69, 9.17) is 21.0 Å². The number of carbonyl (C=O) groups is 1. The molecule has 220 valence electrons. The van der Waals surface area contributed by atoms with Crippen molar-refractivity contribution in [3.8, 4) is 34.4 Å². The van der Waals surface area contributed by atoms with Crippen molar-refractivity contribution < 1.29 is 4.79 Å². The lowest BCUT2D eigenvalue weighted by atomic mass is 10.1. The van der Waals surface area contributed by atoms with E-state index in [1.54, 1.807) is 11.1 Å². The van der Waals surface area contributed by atoms with E-state index in [9.17, 15) is 4.79 Å². The van der Waals surface area contributed by atoms with Gasteiger partial charge in [-0.25, -0.2) is 24.9 Å². The van der Waals surface area contributed by atoms with Gasteiger partial charge in [0, 0.05) is 56.2 Å². The Morgan fingerprint density at radius 1 is 0.867 bits per heavy atom. The van der Waals surface area contributed by atoms with E-state index >= 15 is 0 Å². The Labute approximate surface area is 259 Å². The molecular formula is C34H28N10O. The molecule has 11 nitrogen and oxygen atoms in total. The Hall–Kier alpha value is -5.99. The number of rotatable bonds is 6. The maximum atomic E-state index is 12.9. The number of carbonyl (C=O) groups excluding carboxylic acids is 1. The summed E-state index contributed by atoms with van der Waals surface area (Å²) in [5.41, 5.74) is 12.9. The summed E-state index contributed by atoms with van der Waals surface area (Å²) in [4.78, 5) is 39.2. The number of imidazole rings is 1. The smallest absolute Gasteiger partial charge is 0.272 e. The summed E-state index contributed by atoms with van der Waals surface area (Å²) in [5.74, 6) is 0.892. The number of benzene rings is 2. The molecular weight excluding hydrogens is 564 g/mol. The molecule has 0 bridgehead atoms. The average molecular weight is 593 g/mol. The predicted molar refractivity (Wildman–Crippen MR) is 170 cm³/mol.